The Balaban J connectivity index is 1.11. The number of ether oxygens (including phenoxy) is 10. The summed E-state index contributed by atoms with van der Waals surface area (Å²) in [5, 5.41) is 159. The van der Waals surface area contributed by atoms with Crippen molar-refractivity contribution >= 4 is 30.2 Å². The first kappa shape index (κ1) is 57.7. The number of carbonyl (C=O) groups excluding carboxylic acids is 2. The van der Waals surface area contributed by atoms with Crippen molar-refractivity contribution in [2.75, 3.05) is 26.9 Å². The average molecular weight is 1110 g/mol. The quantitative estimate of drug-likeness (QED) is 0.0334. The fourth-order valence-corrected chi connectivity index (χ4v) is 8.58. The molecule has 0 spiro atoms. The molecule has 15 N–H and O–H groups in total. The standard InChI is InChI=1S/C52H56O27/c1-70-33-13-22(3-8-28(33)57)5-11-39(61)71-19-36-41(63)44(66)47(69)51(77-36)79-49-45(67)42(64)37(20-72-38(60)10-4-21-2-7-26(55)29(58)12-21)78-52(49)75-34-17-25-31(73-48(34)23-6-9-27(56)30(59)14-23)15-24(54)16-32(25)74-50-46(68)43(65)40(62)35(18-53)76-50/h2-17,35-37,40-59,62-69H,18-20H2,1H3/b10-4+,11-5+/t35-,36-,37-,40+,41+,42+,43-,44+,45+,46+,47+,48?,49+,50+,51-,52+/m0/s1. The van der Waals surface area contributed by atoms with E-state index >= 15 is 0 Å². The number of hydrogen-bond donors (Lipinski definition) is 15. The maximum Gasteiger partial charge on any atom is 0.330 e. The van der Waals surface area contributed by atoms with Crippen LogP contribution < -0.4 is 14.2 Å². The number of phenols is 6. The summed E-state index contributed by atoms with van der Waals surface area (Å²) in [4.78, 5) is 25.8. The molecule has 0 bridgehead atoms. The van der Waals surface area contributed by atoms with Crippen molar-refractivity contribution in [2.24, 2.45) is 0 Å². The molecule has 16 atom stereocenters. The van der Waals surface area contributed by atoms with Gasteiger partial charge in [-0.15, -0.1) is 0 Å². The van der Waals surface area contributed by atoms with E-state index in [9.17, 15) is 86.2 Å². The summed E-state index contributed by atoms with van der Waals surface area (Å²) in [7, 11) is 1.32. The Kier molecular flexibility index (Phi) is 18.0. The molecule has 426 valence electrons. The van der Waals surface area contributed by atoms with Crippen LogP contribution >= 0.6 is 0 Å². The third-order valence-corrected chi connectivity index (χ3v) is 12.9. The number of aromatic hydroxyl groups is 6. The number of esters is 2. The molecule has 0 radical (unpaired) electrons. The highest BCUT2D eigenvalue weighted by Gasteiger charge is 2.53. The lowest BCUT2D eigenvalue weighted by Gasteiger charge is -2.46. The Morgan fingerprint density at radius 3 is 1.70 bits per heavy atom. The van der Waals surface area contributed by atoms with E-state index in [0.717, 1.165) is 42.5 Å². The van der Waals surface area contributed by atoms with Crippen molar-refractivity contribution in [1.29, 1.82) is 0 Å². The van der Waals surface area contributed by atoms with Crippen LogP contribution in [0, 0.1) is 0 Å². The lowest BCUT2D eigenvalue weighted by molar-refractivity contribution is -0.364. The van der Waals surface area contributed by atoms with Crippen molar-refractivity contribution in [2.45, 2.75) is 98.2 Å². The zero-order chi connectivity index (χ0) is 57.0. The Morgan fingerprint density at radius 2 is 1.09 bits per heavy atom. The molecule has 0 aromatic heterocycles. The minimum Gasteiger partial charge on any atom is -0.508 e. The maximum absolute atomic E-state index is 13.0. The van der Waals surface area contributed by atoms with Gasteiger partial charge in [-0.1, -0.05) is 18.2 Å². The van der Waals surface area contributed by atoms with Gasteiger partial charge in [0, 0.05) is 29.8 Å². The first-order valence-corrected chi connectivity index (χ1v) is 24.0. The number of rotatable bonds is 17. The number of carbonyl (C=O) groups is 2. The third-order valence-electron chi connectivity index (χ3n) is 12.9. The summed E-state index contributed by atoms with van der Waals surface area (Å²) < 4.78 is 57.8. The largest absolute Gasteiger partial charge is 0.508 e. The van der Waals surface area contributed by atoms with E-state index in [1.165, 1.54) is 61.7 Å². The number of fused-ring (bicyclic) bond motifs is 1. The summed E-state index contributed by atoms with van der Waals surface area (Å²) in [5.41, 5.74) is 0.587. The molecule has 3 fully saturated rings. The predicted octanol–water partition coefficient (Wildman–Crippen LogP) is -1.25. The molecule has 1 unspecified atom stereocenters. The third kappa shape index (κ3) is 13.0. The van der Waals surface area contributed by atoms with E-state index in [2.05, 4.69) is 0 Å². The second-order valence-corrected chi connectivity index (χ2v) is 18.3. The highest BCUT2D eigenvalue weighted by atomic mass is 16.8. The van der Waals surface area contributed by atoms with E-state index < -0.39 is 159 Å². The van der Waals surface area contributed by atoms with Crippen molar-refractivity contribution < 1.29 is 134 Å². The summed E-state index contributed by atoms with van der Waals surface area (Å²) in [6, 6.07) is 13.5. The van der Waals surface area contributed by atoms with Crippen LogP contribution in [0.5, 0.6) is 51.7 Å². The van der Waals surface area contributed by atoms with Crippen molar-refractivity contribution in [3.8, 4) is 51.7 Å². The Labute approximate surface area is 446 Å². The van der Waals surface area contributed by atoms with Crippen molar-refractivity contribution in [3.63, 3.8) is 0 Å². The second kappa shape index (κ2) is 24.7. The number of phenolic OH excluding ortho intramolecular Hbond substituents is 6. The molecule has 27 nitrogen and oxygen atoms in total. The van der Waals surface area contributed by atoms with Crippen LogP contribution in [0.2, 0.25) is 0 Å². The summed E-state index contributed by atoms with van der Waals surface area (Å²) in [6.45, 7) is -2.43. The van der Waals surface area contributed by atoms with Crippen LogP contribution in [-0.2, 0) is 42.7 Å². The predicted molar refractivity (Wildman–Crippen MR) is 261 cm³/mol. The number of benzene rings is 4. The lowest BCUT2D eigenvalue weighted by atomic mass is 9.97. The SMILES string of the molecule is COc1cc(/C=C/C(=O)OC[C@@H]2O[C@@H](O[C@H]3[C@H](OC4=Cc5c(cc(O)cc5O[C@@H]5O[C@@H](CO)[C@@H](O)[C@H](O)[C@H]5O)OC4c4ccc(O)c(O)c4)O[C@@H](COC(=O)/C=C/c4ccc(O)c(O)c4)[C@@H](O)[C@H]3O)[C@H](O)[C@H](O)[C@@H]2O)ccc1O. The molecule has 4 heterocycles. The zero-order valence-electron chi connectivity index (χ0n) is 41.2. The molecule has 27 heteroatoms. The van der Waals surface area contributed by atoms with Crippen LogP contribution in [-0.4, -0.2) is 208 Å². The van der Waals surface area contributed by atoms with E-state index in [0.29, 0.717) is 5.56 Å². The summed E-state index contributed by atoms with van der Waals surface area (Å²) >= 11 is 0. The topological polar surface area (TPSA) is 430 Å². The smallest absolute Gasteiger partial charge is 0.330 e. The summed E-state index contributed by atoms with van der Waals surface area (Å²) in [6.07, 6.45) is -24.7. The second-order valence-electron chi connectivity index (χ2n) is 18.3. The molecule has 3 saturated heterocycles. The van der Waals surface area contributed by atoms with Gasteiger partial charge in [-0.05, 0) is 65.8 Å². The van der Waals surface area contributed by atoms with Gasteiger partial charge in [0.1, 0.15) is 103 Å². The van der Waals surface area contributed by atoms with Gasteiger partial charge in [-0.3, -0.25) is 0 Å². The van der Waals surface area contributed by atoms with Gasteiger partial charge in [-0.2, -0.15) is 0 Å². The monoisotopic (exact) mass is 1110 g/mol. The van der Waals surface area contributed by atoms with Crippen molar-refractivity contribution in [3.05, 3.63) is 107 Å². The van der Waals surface area contributed by atoms with Crippen LogP contribution in [0.1, 0.15) is 28.4 Å². The Morgan fingerprint density at radius 1 is 0.544 bits per heavy atom. The van der Waals surface area contributed by atoms with Crippen molar-refractivity contribution in [1.82, 2.24) is 0 Å². The highest BCUT2D eigenvalue weighted by molar-refractivity contribution is 5.87. The van der Waals surface area contributed by atoms with Crippen LogP contribution in [0.15, 0.2) is 84.6 Å². The van der Waals surface area contributed by atoms with Gasteiger partial charge in [0.2, 0.25) is 12.6 Å². The van der Waals surface area contributed by atoms with Gasteiger partial charge in [0.15, 0.2) is 53.0 Å². The number of methoxy groups -OCH3 is 1. The van der Waals surface area contributed by atoms with E-state index in [1.54, 1.807) is 0 Å². The van der Waals surface area contributed by atoms with Crippen LogP contribution in [0.3, 0.4) is 0 Å². The van der Waals surface area contributed by atoms with Gasteiger partial charge < -0.3 is 124 Å². The zero-order valence-corrected chi connectivity index (χ0v) is 41.2. The van der Waals surface area contributed by atoms with E-state index in [1.807, 2.05) is 0 Å². The molecule has 8 rings (SSSR count). The van der Waals surface area contributed by atoms with Gasteiger partial charge in [-0.25, -0.2) is 9.59 Å². The molecule has 4 aromatic rings. The number of hydrogen-bond acceptors (Lipinski definition) is 27. The molecule has 4 aliphatic heterocycles. The average Bonchev–Trinajstić information content (AvgIpc) is 3.43. The molecule has 4 aromatic carbocycles. The molecular formula is C52H56O27. The molecule has 79 heavy (non-hydrogen) atoms. The minimum absolute atomic E-state index is 0.0261. The Bertz CT molecular complexity index is 2910. The molecular weight excluding hydrogens is 1060 g/mol. The first-order valence-electron chi connectivity index (χ1n) is 24.0. The Hall–Kier alpha value is -7.48. The summed E-state index contributed by atoms with van der Waals surface area (Å²) in [5.74, 6) is -5.60. The maximum atomic E-state index is 13.0. The molecule has 4 aliphatic rings. The molecule has 0 amide bonds. The van der Waals surface area contributed by atoms with Crippen LogP contribution in [0.25, 0.3) is 18.2 Å². The van der Waals surface area contributed by atoms with Crippen LogP contribution in [0.4, 0.5) is 0 Å². The van der Waals surface area contributed by atoms with Gasteiger partial charge in [0.05, 0.1) is 19.3 Å². The minimum atomic E-state index is -2.17. The van der Waals surface area contributed by atoms with Gasteiger partial charge >= 0.3 is 11.9 Å². The lowest BCUT2D eigenvalue weighted by Crippen LogP contribution is -2.64. The molecule has 0 aliphatic carbocycles. The molecule has 0 saturated carbocycles. The van der Waals surface area contributed by atoms with E-state index in [4.69, 9.17) is 47.4 Å². The van der Waals surface area contributed by atoms with E-state index in [-0.39, 0.29) is 45.4 Å². The first-order chi connectivity index (χ1) is 37.6. The fraction of sp³-hybridized carbons (Fsp3) is 0.385. The highest BCUT2D eigenvalue weighted by Crippen LogP contribution is 2.47. The number of aliphatic hydroxyl groups is 9. The fourth-order valence-electron chi connectivity index (χ4n) is 8.58. The normalized spacial score (nSPS) is 30.7. The van der Waals surface area contributed by atoms with Gasteiger partial charge in [0.25, 0.3) is 0 Å². The number of aliphatic hydroxyl groups excluding tert-OH is 9.